The average molecular weight is 393 g/mol. The number of imidazole rings is 1. The molecule has 2 aromatic heterocycles. The highest BCUT2D eigenvalue weighted by Gasteiger charge is 2.18. The van der Waals surface area contributed by atoms with E-state index in [0.717, 1.165) is 22.2 Å². The minimum Gasteiger partial charge on any atom is -0.336 e. The second kappa shape index (κ2) is 8.30. The van der Waals surface area contributed by atoms with E-state index >= 15 is 0 Å². The summed E-state index contributed by atoms with van der Waals surface area (Å²) in [5.41, 5.74) is 2.55. The lowest BCUT2D eigenvalue weighted by molar-refractivity contribution is 0.685. The summed E-state index contributed by atoms with van der Waals surface area (Å²) in [5, 5.41) is 3.09. The van der Waals surface area contributed by atoms with Crippen molar-refractivity contribution in [1.82, 2.24) is 9.55 Å². The number of thiophene rings is 1. The molecule has 0 aliphatic carbocycles. The average Bonchev–Trinajstić information content (AvgIpc) is 3.26. The first-order valence-electron chi connectivity index (χ1n) is 7.66. The van der Waals surface area contributed by atoms with E-state index in [0.29, 0.717) is 0 Å². The minimum atomic E-state index is 0.218. The lowest BCUT2D eigenvalue weighted by Gasteiger charge is -2.18. The first-order chi connectivity index (χ1) is 11.7. The van der Waals surface area contributed by atoms with Crippen molar-refractivity contribution in [3.8, 4) is 0 Å². The van der Waals surface area contributed by atoms with E-state index in [-0.39, 0.29) is 5.25 Å². The maximum Gasteiger partial charge on any atom is 0.0946 e. The number of aryl methyl sites for hydroxylation is 1. The molecule has 3 rings (SSSR count). The van der Waals surface area contributed by atoms with E-state index in [4.69, 9.17) is 23.8 Å². The van der Waals surface area contributed by atoms with Crippen LogP contribution in [0.1, 0.15) is 28.2 Å². The van der Waals surface area contributed by atoms with Gasteiger partial charge in [0, 0.05) is 24.0 Å². The Morgan fingerprint density at radius 1 is 1.33 bits per heavy atom. The monoisotopic (exact) mass is 392 g/mol. The minimum absolute atomic E-state index is 0.218. The Morgan fingerprint density at radius 3 is 2.79 bits per heavy atom. The van der Waals surface area contributed by atoms with Crippen LogP contribution in [0.2, 0.25) is 5.02 Å². The second-order valence-electron chi connectivity index (χ2n) is 5.33. The second-order valence-corrected chi connectivity index (χ2v) is 8.57. The lowest BCUT2D eigenvalue weighted by atomic mass is 10.1. The van der Waals surface area contributed by atoms with E-state index in [1.165, 1.54) is 16.0 Å². The summed E-state index contributed by atoms with van der Waals surface area (Å²) in [6, 6.07) is 10.2. The van der Waals surface area contributed by atoms with Gasteiger partial charge in [-0.3, -0.25) is 0 Å². The molecule has 0 aliphatic rings. The molecular weight excluding hydrogens is 376 g/mol. The Kier molecular flexibility index (Phi) is 6.11. The van der Waals surface area contributed by atoms with E-state index in [9.17, 15) is 0 Å². The highest BCUT2D eigenvalue weighted by molar-refractivity contribution is 8.24. The topological polar surface area (TPSA) is 17.8 Å². The van der Waals surface area contributed by atoms with Gasteiger partial charge in [-0.2, -0.15) is 0 Å². The molecule has 0 N–H and O–H groups in total. The van der Waals surface area contributed by atoms with Crippen molar-refractivity contribution >= 4 is 51.1 Å². The molecule has 2 nitrogen and oxygen atoms in total. The zero-order chi connectivity index (χ0) is 16.9. The number of halogens is 1. The molecule has 0 amide bonds. The van der Waals surface area contributed by atoms with Gasteiger partial charge in [0.25, 0.3) is 0 Å². The van der Waals surface area contributed by atoms with Gasteiger partial charge in [0.2, 0.25) is 0 Å². The van der Waals surface area contributed by atoms with Crippen molar-refractivity contribution in [2.75, 3.05) is 0 Å². The summed E-state index contributed by atoms with van der Waals surface area (Å²) < 4.78 is 3.05. The zero-order valence-corrected chi connectivity index (χ0v) is 16.4. The summed E-state index contributed by atoms with van der Waals surface area (Å²) >= 11 is 15.3. The fourth-order valence-electron chi connectivity index (χ4n) is 2.45. The van der Waals surface area contributed by atoms with Gasteiger partial charge in [-0.25, -0.2) is 4.98 Å². The standard InChI is InChI=1S/C18H17ClN2S3/c1-2-13-7-10-23-17(13)18(22)24-16(11-21-9-8-20-12-21)14-3-5-15(19)6-4-14/h3-10,12,16H,2,11H2,1H3. The molecule has 0 spiro atoms. The van der Waals surface area contributed by atoms with E-state index in [1.807, 2.05) is 24.7 Å². The third-order valence-electron chi connectivity index (χ3n) is 3.74. The highest BCUT2D eigenvalue weighted by atomic mass is 35.5. The summed E-state index contributed by atoms with van der Waals surface area (Å²) in [7, 11) is 0. The summed E-state index contributed by atoms with van der Waals surface area (Å²) in [6.45, 7) is 2.99. The lowest BCUT2D eigenvalue weighted by Crippen LogP contribution is -2.08. The van der Waals surface area contributed by atoms with Crippen molar-refractivity contribution in [3.63, 3.8) is 0 Å². The molecule has 24 heavy (non-hydrogen) atoms. The van der Waals surface area contributed by atoms with Gasteiger partial charge in [-0.15, -0.1) is 23.1 Å². The number of thioether (sulfide) groups is 1. The molecule has 6 heteroatoms. The molecule has 1 aromatic carbocycles. The Balaban J connectivity index is 1.84. The van der Waals surface area contributed by atoms with Crippen LogP contribution in [0.3, 0.4) is 0 Å². The Hall–Kier alpha value is -1.14. The van der Waals surface area contributed by atoms with Gasteiger partial charge in [-0.1, -0.05) is 42.9 Å². The molecule has 0 saturated heterocycles. The molecule has 0 bridgehead atoms. The molecule has 0 radical (unpaired) electrons. The predicted octanol–water partition coefficient (Wildman–Crippen LogP) is 6.01. The Bertz CT molecular complexity index is 794. The molecule has 2 heterocycles. The predicted molar refractivity (Wildman–Crippen MR) is 109 cm³/mol. The van der Waals surface area contributed by atoms with Crippen molar-refractivity contribution in [1.29, 1.82) is 0 Å². The van der Waals surface area contributed by atoms with Crippen LogP contribution in [0.15, 0.2) is 54.4 Å². The van der Waals surface area contributed by atoms with Crippen LogP contribution in [-0.4, -0.2) is 13.7 Å². The number of rotatable bonds is 6. The van der Waals surface area contributed by atoms with Crippen LogP contribution in [0.4, 0.5) is 0 Å². The van der Waals surface area contributed by atoms with Gasteiger partial charge >= 0.3 is 0 Å². The molecule has 124 valence electrons. The first-order valence-corrected chi connectivity index (χ1v) is 10.2. The molecule has 0 saturated carbocycles. The van der Waals surface area contributed by atoms with Gasteiger partial charge in [0.15, 0.2) is 0 Å². The van der Waals surface area contributed by atoms with Crippen molar-refractivity contribution in [2.45, 2.75) is 25.1 Å². The Labute approximate surface area is 160 Å². The van der Waals surface area contributed by atoms with Gasteiger partial charge in [0.05, 0.1) is 20.7 Å². The number of hydrogen-bond donors (Lipinski definition) is 0. The van der Waals surface area contributed by atoms with Crippen LogP contribution in [0.5, 0.6) is 0 Å². The normalized spacial score (nSPS) is 12.2. The molecule has 0 fully saturated rings. The van der Waals surface area contributed by atoms with Crippen molar-refractivity contribution in [2.24, 2.45) is 0 Å². The highest BCUT2D eigenvalue weighted by Crippen LogP contribution is 2.36. The van der Waals surface area contributed by atoms with E-state index in [2.05, 4.69) is 40.1 Å². The molecule has 3 aromatic rings. The number of nitrogens with zero attached hydrogens (tertiary/aromatic N) is 2. The van der Waals surface area contributed by atoms with Crippen LogP contribution in [0, 0.1) is 0 Å². The van der Waals surface area contributed by atoms with Crippen LogP contribution in [-0.2, 0) is 13.0 Å². The first kappa shape index (κ1) is 17.7. The summed E-state index contributed by atoms with van der Waals surface area (Å²) in [6.07, 6.45) is 6.63. The van der Waals surface area contributed by atoms with Gasteiger partial charge < -0.3 is 4.57 Å². The largest absolute Gasteiger partial charge is 0.336 e. The maximum atomic E-state index is 6.04. The molecule has 1 unspecified atom stereocenters. The number of thiocarbonyl (C=S) groups is 1. The quantitative estimate of drug-likeness (QED) is 0.478. The number of benzene rings is 1. The van der Waals surface area contributed by atoms with Crippen LogP contribution >= 0.6 is 46.9 Å². The maximum absolute atomic E-state index is 6.04. The van der Waals surface area contributed by atoms with Crippen molar-refractivity contribution in [3.05, 3.63) is 75.5 Å². The van der Waals surface area contributed by atoms with Crippen LogP contribution < -0.4 is 0 Å². The zero-order valence-electron chi connectivity index (χ0n) is 13.2. The van der Waals surface area contributed by atoms with Crippen LogP contribution in [0.25, 0.3) is 0 Å². The number of hydrogen-bond acceptors (Lipinski definition) is 4. The van der Waals surface area contributed by atoms with Crippen molar-refractivity contribution < 1.29 is 0 Å². The van der Waals surface area contributed by atoms with Gasteiger partial charge in [0.1, 0.15) is 0 Å². The van der Waals surface area contributed by atoms with E-state index in [1.54, 1.807) is 29.3 Å². The number of aromatic nitrogens is 2. The molecule has 1 atom stereocenters. The summed E-state index contributed by atoms with van der Waals surface area (Å²) in [5.74, 6) is 0. The SMILES string of the molecule is CCc1ccsc1C(=S)SC(Cn1ccnc1)c1ccc(Cl)cc1. The molecular formula is C18H17ClN2S3. The third kappa shape index (κ3) is 4.28. The van der Waals surface area contributed by atoms with E-state index < -0.39 is 0 Å². The summed E-state index contributed by atoms with van der Waals surface area (Å²) in [4.78, 5) is 5.37. The smallest absolute Gasteiger partial charge is 0.0946 e. The van der Waals surface area contributed by atoms with Gasteiger partial charge in [-0.05, 0) is 41.1 Å². The Morgan fingerprint density at radius 2 is 2.12 bits per heavy atom. The fraction of sp³-hybridized carbons (Fsp3) is 0.222. The third-order valence-corrected chi connectivity index (χ3v) is 6.84. The molecule has 0 aliphatic heterocycles. The fourth-order valence-corrected chi connectivity index (χ4v) is 5.35.